The standard InChI is InChI=1S/C31H37N5O3/c1-31(20-37,21-38)23-12-16-36(17-13-23)30(39)29(18-22-19-33-28-5-3-2-4-27(22)28)35-25-8-6-24(7-9-25)34-26-10-14-32-15-11-26/h2-11,14-15,19,23,29,33,35,37-38H,12-13,16-18,20-21H2,1H3,(H,32,34). The smallest absolute Gasteiger partial charge is 0.245 e. The van der Waals surface area contributed by atoms with Crippen molar-refractivity contribution in [2.45, 2.75) is 32.2 Å². The molecule has 8 nitrogen and oxygen atoms in total. The summed E-state index contributed by atoms with van der Waals surface area (Å²) in [5.41, 5.74) is 4.40. The molecule has 2 aromatic heterocycles. The lowest BCUT2D eigenvalue weighted by molar-refractivity contribution is -0.134. The van der Waals surface area contributed by atoms with E-state index in [1.807, 2.05) is 72.6 Å². The summed E-state index contributed by atoms with van der Waals surface area (Å²) in [7, 11) is 0. The van der Waals surface area contributed by atoms with Crippen LogP contribution in [0.3, 0.4) is 0 Å². The number of nitrogens with zero attached hydrogens (tertiary/aromatic N) is 2. The molecular weight excluding hydrogens is 490 g/mol. The third-order valence-electron chi connectivity index (χ3n) is 8.11. The summed E-state index contributed by atoms with van der Waals surface area (Å²) >= 11 is 0. The fourth-order valence-electron chi connectivity index (χ4n) is 5.50. The van der Waals surface area contributed by atoms with Crippen LogP contribution in [0.15, 0.2) is 79.3 Å². The van der Waals surface area contributed by atoms with E-state index in [9.17, 15) is 15.0 Å². The highest BCUT2D eigenvalue weighted by Crippen LogP contribution is 2.35. The number of benzene rings is 2. The Morgan fingerprint density at radius 3 is 2.33 bits per heavy atom. The van der Waals surface area contributed by atoms with Gasteiger partial charge in [-0.05, 0) is 66.8 Å². The molecule has 2 aromatic carbocycles. The second kappa shape index (κ2) is 11.9. The number of piperidine rings is 1. The minimum absolute atomic E-state index is 0.0567. The van der Waals surface area contributed by atoms with Crippen LogP contribution in [0, 0.1) is 11.3 Å². The van der Waals surface area contributed by atoms with E-state index >= 15 is 0 Å². The first-order chi connectivity index (χ1) is 19.0. The Balaban J connectivity index is 1.32. The molecule has 0 saturated carbocycles. The molecule has 0 aliphatic carbocycles. The normalized spacial score (nSPS) is 15.3. The Morgan fingerprint density at radius 1 is 1.00 bits per heavy atom. The van der Waals surface area contributed by atoms with Crippen molar-refractivity contribution in [1.29, 1.82) is 0 Å². The zero-order chi connectivity index (χ0) is 27.2. The van der Waals surface area contributed by atoms with E-state index in [2.05, 4.69) is 26.7 Å². The fraction of sp³-hybridized carbons (Fsp3) is 0.355. The molecule has 1 atom stereocenters. The van der Waals surface area contributed by atoms with Gasteiger partial charge < -0.3 is 30.7 Å². The number of carbonyl (C=O) groups is 1. The van der Waals surface area contributed by atoms with Crippen molar-refractivity contribution in [3.05, 3.63) is 84.8 Å². The average molecular weight is 528 g/mol. The van der Waals surface area contributed by atoms with Crippen LogP contribution in [0.1, 0.15) is 25.3 Å². The van der Waals surface area contributed by atoms with Gasteiger partial charge in [-0.25, -0.2) is 0 Å². The summed E-state index contributed by atoms with van der Waals surface area (Å²) in [4.78, 5) is 23.2. The molecule has 1 amide bonds. The summed E-state index contributed by atoms with van der Waals surface area (Å²) in [6.07, 6.45) is 7.56. The Bertz CT molecular complexity index is 1360. The molecule has 39 heavy (non-hydrogen) atoms. The molecule has 0 spiro atoms. The second-order valence-corrected chi connectivity index (χ2v) is 10.8. The van der Waals surface area contributed by atoms with Gasteiger partial charge in [-0.2, -0.15) is 0 Å². The number of amides is 1. The number of hydrogen-bond donors (Lipinski definition) is 5. The van der Waals surface area contributed by atoms with Crippen LogP contribution in [0.2, 0.25) is 0 Å². The molecule has 0 radical (unpaired) electrons. The first kappa shape index (κ1) is 26.7. The number of pyridine rings is 1. The maximum absolute atomic E-state index is 13.9. The minimum atomic E-state index is -0.525. The molecule has 1 fully saturated rings. The maximum Gasteiger partial charge on any atom is 0.245 e. The summed E-state index contributed by atoms with van der Waals surface area (Å²) in [6.45, 7) is 3.03. The third-order valence-corrected chi connectivity index (χ3v) is 8.11. The molecule has 5 rings (SSSR count). The number of para-hydroxylation sites is 1. The number of rotatable bonds is 10. The number of likely N-dealkylation sites (tertiary alicyclic amines) is 1. The van der Waals surface area contributed by atoms with Gasteiger partial charge in [0, 0.05) is 71.5 Å². The number of aromatic nitrogens is 2. The van der Waals surface area contributed by atoms with Gasteiger partial charge in [-0.1, -0.05) is 25.1 Å². The number of aliphatic hydroxyl groups excluding tert-OH is 2. The van der Waals surface area contributed by atoms with Crippen molar-refractivity contribution in [2.75, 3.05) is 36.9 Å². The molecule has 1 aliphatic rings. The molecule has 1 unspecified atom stereocenters. The first-order valence-electron chi connectivity index (χ1n) is 13.6. The molecule has 204 valence electrons. The van der Waals surface area contributed by atoms with Crippen LogP contribution in [0.25, 0.3) is 10.9 Å². The molecule has 3 heterocycles. The lowest BCUT2D eigenvalue weighted by Crippen LogP contribution is -2.50. The van der Waals surface area contributed by atoms with Crippen molar-refractivity contribution in [1.82, 2.24) is 14.9 Å². The van der Waals surface area contributed by atoms with Gasteiger partial charge in [0.2, 0.25) is 5.91 Å². The number of hydrogen-bond acceptors (Lipinski definition) is 6. The van der Waals surface area contributed by atoms with Crippen molar-refractivity contribution < 1.29 is 15.0 Å². The van der Waals surface area contributed by atoms with Gasteiger partial charge in [-0.15, -0.1) is 0 Å². The molecule has 0 bridgehead atoms. The van der Waals surface area contributed by atoms with Gasteiger partial charge in [0.1, 0.15) is 6.04 Å². The summed E-state index contributed by atoms with van der Waals surface area (Å²) in [5.74, 6) is 0.240. The van der Waals surface area contributed by atoms with E-state index in [-0.39, 0.29) is 25.0 Å². The Morgan fingerprint density at radius 2 is 1.64 bits per heavy atom. The van der Waals surface area contributed by atoms with Crippen molar-refractivity contribution in [3.63, 3.8) is 0 Å². The highest BCUT2D eigenvalue weighted by atomic mass is 16.3. The lowest BCUT2D eigenvalue weighted by atomic mass is 9.73. The zero-order valence-electron chi connectivity index (χ0n) is 22.3. The average Bonchev–Trinajstić information content (AvgIpc) is 3.40. The van der Waals surface area contributed by atoms with Crippen molar-refractivity contribution >= 4 is 33.9 Å². The zero-order valence-corrected chi connectivity index (χ0v) is 22.3. The molecule has 8 heteroatoms. The molecular formula is C31H37N5O3. The topological polar surface area (TPSA) is 114 Å². The van der Waals surface area contributed by atoms with Crippen LogP contribution in [0.4, 0.5) is 17.1 Å². The number of nitrogens with one attached hydrogen (secondary N) is 3. The van der Waals surface area contributed by atoms with Gasteiger partial charge in [0.05, 0.1) is 13.2 Å². The predicted octanol–water partition coefficient (Wildman–Crippen LogP) is 4.56. The number of fused-ring (bicyclic) bond motifs is 1. The van der Waals surface area contributed by atoms with Gasteiger partial charge in [0.25, 0.3) is 0 Å². The highest BCUT2D eigenvalue weighted by Gasteiger charge is 2.37. The monoisotopic (exact) mass is 527 g/mol. The number of aliphatic hydroxyl groups is 2. The second-order valence-electron chi connectivity index (χ2n) is 10.8. The van der Waals surface area contributed by atoms with Gasteiger partial charge in [0.15, 0.2) is 0 Å². The quantitative estimate of drug-likeness (QED) is 0.207. The third kappa shape index (κ3) is 6.08. The van der Waals surface area contributed by atoms with E-state index < -0.39 is 11.5 Å². The number of aromatic amines is 1. The molecule has 5 N–H and O–H groups in total. The highest BCUT2D eigenvalue weighted by molar-refractivity contribution is 5.88. The van der Waals surface area contributed by atoms with Gasteiger partial charge >= 0.3 is 0 Å². The summed E-state index contributed by atoms with van der Waals surface area (Å²) in [5, 5.41) is 27.7. The van der Waals surface area contributed by atoms with E-state index in [0.29, 0.717) is 19.5 Å². The van der Waals surface area contributed by atoms with Crippen molar-refractivity contribution in [3.8, 4) is 0 Å². The number of anilines is 3. The van der Waals surface area contributed by atoms with E-state index in [1.54, 1.807) is 12.4 Å². The van der Waals surface area contributed by atoms with Crippen LogP contribution < -0.4 is 10.6 Å². The Labute approximate surface area is 229 Å². The predicted molar refractivity (Wildman–Crippen MR) is 155 cm³/mol. The van der Waals surface area contributed by atoms with E-state index in [4.69, 9.17) is 0 Å². The summed E-state index contributed by atoms with van der Waals surface area (Å²) < 4.78 is 0. The van der Waals surface area contributed by atoms with E-state index in [0.717, 1.165) is 46.4 Å². The van der Waals surface area contributed by atoms with Crippen LogP contribution in [-0.4, -0.2) is 63.3 Å². The number of carbonyl (C=O) groups excluding carboxylic acids is 1. The Kier molecular flexibility index (Phi) is 8.14. The molecule has 4 aromatic rings. The largest absolute Gasteiger partial charge is 0.396 e. The minimum Gasteiger partial charge on any atom is -0.396 e. The van der Waals surface area contributed by atoms with Crippen molar-refractivity contribution in [2.24, 2.45) is 11.3 Å². The van der Waals surface area contributed by atoms with E-state index in [1.165, 1.54) is 0 Å². The first-order valence-corrected chi connectivity index (χ1v) is 13.6. The number of H-pyrrole nitrogens is 1. The van der Waals surface area contributed by atoms with Gasteiger partial charge in [-0.3, -0.25) is 9.78 Å². The molecule has 1 saturated heterocycles. The summed E-state index contributed by atoms with van der Waals surface area (Å²) in [6, 6.07) is 19.5. The lowest BCUT2D eigenvalue weighted by Gasteiger charge is -2.41. The van der Waals surface area contributed by atoms with Crippen LogP contribution >= 0.6 is 0 Å². The molecule has 1 aliphatic heterocycles. The Hall–Kier alpha value is -3.88. The van der Waals surface area contributed by atoms with Crippen LogP contribution in [0.5, 0.6) is 0 Å². The fourth-order valence-corrected chi connectivity index (χ4v) is 5.50. The van der Waals surface area contributed by atoms with Crippen LogP contribution in [-0.2, 0) is 11.2 Å². The SMILES string of the molecule is CC(CO)(CO)C1CCN(C(=O)C(Cc2c[nH]c3ccccc23)Nc2ccc(Nc3ccncc3)cc2)CC1. The maximum atomic E-state index is 13.9.